The Balaban J connectivity index is 2.57. The molecule has 2 nitrogen and oxygen atoms in total. The van der Waals surface area contributed by atoms with Crippen molar-refractivity contribution in [3.8, 4) is 5.75 Å². The second-order valence-electron chi connectivity index (χ2n) is 3.55. The van der Waals surface area contributed by atoms with E-state index in [1.54, 1.807) is 18.3 Å². The smallest absolute Gasteiger partial charge is 0.116 e. The monoisotopic (exact) mass is 195 g/mol. The molecule has 1 aromatic heterocycles. The van der Waals surface area contributed by atoms with Crippen LogP contribution in [0.3, 0.4) is 0 Å². The maximum Gasteiger partial charge on any atom is 0.116 e. The fourth-order valence-electron chi connectivity index (χ4n) is 1.85. The first-order valence-electron chi connectivity index (χ1n) is 4.81. The molecule has 2 aromatic carbocycles. The fourth-order valence-corrected chi connectivity index (χ4v) is 1.85. The number of phenols is 1. The van der Waals surface area contributed by atoms with Gasteiger partial charge in [0.2, 0.25) is 0 Å². The van der Waals surface area contributed by atoms with E-state index in [1.165, 1.54) is 0 Å². The van der Waals surface area contributed by atoms with Gasteiger partial charge >= 0.3 is 0 Å². The number of hydrogen-bond acceptors (Lipinski definition) is 2. The zero-order valence-electron chi connectivity index (χ0n) is 8.01. The topological polar surface area (TPSA) is 33.1 Å². The van der Waals surface area contributed by atoms with Gasteiger partial charge in [-0.3, -0.25) is 4.98 Å². The van der Waals surface area contributed by atoms with Crippen molar-refractivity contribution in [3.63, 3.8) is 0 Å². The first-order chi connectivity index (χ1) is 7.34. The van der Waals surface area contributed by atoms with E-state index in [9.17, 15) is 5.11 Å². The molecule has 0 aliphatic heterocycles. The van der Waals surface area contributed by atoms with Crippen molar-refractivity contribution in [3.05, 3.63) is 48.7 Å². The summed E-state index contributed by atoms with van der Waals surface area (Å²) in [5, 5.41) is 12.6. The Morgan fingerprint density at radius 2 is 1.73 bits per heavy atom. The van der Waals surface area contributed by atoms with E-state index in [0.29, 0.717) is 0 Å². The highest BCUT2D eigenvalue weighted by molar-refractivity contribution is 6.05. The molecule has 15 heavy (non-hydrogen) atoms. The molecule has 2 heteroatoms. The van der Waals surface area contributed by atoms with Crippen LogP contribution in [0.25, 0.3) is 21.7 Å². The molecule has 3 aromatic rings. The number of phenolic OH excluding ortho intramolecular Hbond substituents is 1. The third-order valence-corrected chi connectivity index (χ3v) is 2.57. The fraction of sp³-hybridized carbons (Fsp3) is 0. The lowest BCUT2D eigenvalue weighted by Crippen LogP contribution is -1.80. The molecule has 1 heterocycles. The molecule has 0 atom stereocenters. The third-order valence-electron chi connectivity index (χ3n) is 2.57. The van der Waals surface area contributed by atoms with Crippen LogP contribution >= 0.6 is 0 Å². The molecule has 0 saturated heterocycles. The van der Waals surface area contributed by atoms with E-state index < -0.39 is 0 Å². The predicted molar refractivity (Wildman–Crippen MR) is 60.9 cm³/mol. The van der Waals surface area contributed by atoms with Gasteiger partial charge in [0.05, 0.1) is 5.52 Å². The number of hydrogen-bond donors (Lipinski definition) is 1. The molecule has 0 amide bonds. The number of aromatic hydroxyl groups is 1. The van der Waals surface area contributed by atoms with Gasteiger partial charge in [0.1, 0.15) is 5.75 Å². The summed E-state index contributed by atoms with van der Waals surface area (Å²) >= 11 is 0. The van der Waals surface area contributed by atoms with E-state index in [1.807, 2.05) is 30.3 Å². The molecule has 0 saturated carbocycles. The van der Waals surface area contributed by atoms with E-state index in [-0.39, 0.29) is 5.75 Å². The molecule has 0 bridgehead atoms. The van der Waals surface area contributed by atoms with Crippen molar-refractivity contribution in [2.24, 2.45) is 0 Å². The summed E-state index contributed by atoms with van der Waals surface area (Å²) in [4.78, 5) is 4.34. The number of benzene rings is 2. The summed E-state index contributed by atoms with van der Waals surface area (Å²) in [5.74, 6) is 0.278. The summed E-state index contributed by atoms with van der Waals surface area (Å²) in [6, 6.07) is 13.4. The summed E-state index contributed by atoms with van der Waals surface area (Å²) in [7, 11) is 0. The minimum Gasteiger partial charge on any atom is -0.508 e. The Morgan fingerprint density at radius 3 is 2.67 bits per heavy atom. The summed E-state index contributed by atoms with van der Waals surface area (Å²) in [6.45, 7) is 0. The van der Waals surface area contributed by atoms with E-state index in [0.717, 1.165) is 21.7 Å². The van der Waals surface area contributed by atoms with Crippen LogP contribution < -0.4 is 0 Å². The van der Waals surface area contributed by atoms with Crippen LogP contribution in [0.4, 0.5) is 0 Å². The lowest BCUT2D eigenvalue weighted by Gasteiger charge is -2.02. The van der Waals surface area contributed by atoms with Crippen molar-refractivity contribution in [1.82, 2.24) is 4.98 Å². The molecule has 1 N–H and O–H groups in total. The van der Waals surface area contributed by atoms with Crippen molar-refractivity contribution in [2.45, 2.75) is 0 Å². The number of nitrogens with zero attached hydrogens (tertiary/aromatic N) is 1. The first kappa shape index (κ1) is 8.24. The standard InChI is InChI=1S/C13H9NO/c15-11-6-5-9-3-4-10-2-1-7-14-13(10)12(9)8-11/h1-8,15H. The van der Waals surface area contributed by atoms with Crippen molar-refractivity contribution < 1.29 is 5.11 Å². The summed E-state index contributed by atoms with van der Waals surface area (Å²) in [6.07, 6.45) is 1.77. The van der Waals surface area contributed by atoms with Gasteiger partial charge in [-0.25, -0.2) is 0 Å². The van der Waals surface area contributed by atoms with Gasteiger partial charge in [0.15, 0.2) is 0 Å². The molecule has 72 valence electrons. The lowest BCUT2D eigenvalue weighted by atomic mass is 10.1. The average molecular weight is 195 g/mol. The van der Waals surface area contributed by atoms with Crippen LogP contribution in [0.15, 0.2) is 48.7 Å². The SMILES string of the molecule is Oc1ccc2ccc3cccnc3c2c1. The van der Waals surface area contributed by atoms with E-state index in [2.05, 4.69) is 4.98 Å². The van der Waals surface area contributed by atoms with Gasteiger partial charge in [-0.1, -0.05) is 24.3 Å². The van der Waals surface area contributed by atoms with Crippen LogP contribution in [-0.4, -0.2) is 10.1 Å². The van der Waals surface area contributed by atoms with E-state index in [4.69, 9.17) is 0 Å². The van der Waals surface area contributed by atoms with Crippen LogP contribution in [0.5, 0.6) is 5.75 Å². The van der Waals surface area contributed by atoms with E-state index >= 15 is 0 Å². The minimum absolute atomic E-state index is 0.278. The molecule has 0 spiro atoms. The van der Waals surface area contributed by atoms with Gasteiger partial charge in [0, 0.05) is 17.0 Å². The third kappa shape index (κ3) is 1.22. The molecule has 0 aliphatic carbocycles. The molecule has 0 aliphatic rings. The highest BCUT2D eigenvalue weighted by Gasteiger charge is 2.01. The number of fused-ring (bicyclic) bond motifs is 3. The highest BCUT2D eigenvalue weighted by atomic mass is 16.3. The zero-order chi connectivity index (χ0) is 10.3. The number of rotatable bonds is 0. The number of aromatic nitrogens is 1. The largest absolute Gasteiger partial charge is 0.508 e. The van der Waals surface area contributed by atoms with Gasteiger partial charge in [0.25, 0.3) is 0 Å². The van der Waals surface area contributed by atoms with Gasteiger partial charge in [-0.15, -0.1) is 0 Å². The molecule has 0 unspecified atom stereocenters. The minimum atomic E-state index is 0.278. The Bertz CT molecular complexity index is 646. The van der Waals surface area contributed by atoms with Gasteiger partial charge in [-0.2, -0.15) is 0 Å². The Labute approximate surface area is 86.8 Å². The van der Waals surface area contributed by atoms with Crippen molar-refractivity contribution >= 4 is 21.7 Å². The van der Waals surface area contributed by atoms with Crippen LogP contribution in [0.2, 0.25) is 0 Å². The maximum absolute atomic E-state index is 9.46. The molecular formula is C13H9NO. The lowest BCUT2D eigenvalue weighted by molar-refractivity contribution is 0.476. The molecular weight excluding hydrogens is 186 g/mol. The van der Waals surface area contributed by atoms with Crippen LogP contribution in [0.1, 0.15) is 0 Å². The average Bonchev–Trinajstić information content (AvgIpc) is 2.29. The Morgan fingerprint density at radius 1 is 0.933 bits per heavy atom. The van der Waals surface area contributed by atoms with Crippen molar-refractivity contribution in [2.75, 3.05) is 0 Å². The molecule has 3 rings (SSSR count). The maximum atomic E-state index is 9.46. The summed E-state index contributed by atoms with van der Waals surface area (Å²) in [5.41, 5.74) is 0.936. The Kier molecular flexibility index (Phi) is 1.62. The zero-order valence-corrected chi connectivity index (χ0v) is 8.01. The Hall–Kier alpha value is -2.09. The summed E-state index contributed by atoms with van der Waals surface area (Å²) < 4.78 is 0. The van der Waals surface area contributed by atoms with Crippen LogP contribution in [0, 0.1) is 0 Å². The number of pyridine rings is 1. The highest BCUT2D eigenvalue weighted by Crippen LogP contribution is 2.26. The second-order valence-corrected chi connectivity index (χ2v) is 3.55. The molecule has 0 radical (unpaired) electrons. The van der Waals surface area contributed by atoms with Gasteiger partial charge in [-0.05, 0) is 23.6 Å². The predicted octanol–water partition coefficient (Wildman–Crippen LogP) is 3.09. The quantitative estimate of drug-likeness (QED) is 0.559. The normalized spacial score (nSPS) is 10.9. The first-order valence-corrected chi connectivity index (χ1v) is 4.81. The van der Waals surface area contributed by atoms with Crippen molar-refractivity contribution in [1.29, 1.82) is 0 Å². The second kappa shape index (κ2) is 2.95. The molecule has 0 fully saturated rings. The van der Waals surface area contributed by atoms with Gasteiger partial charge < -0.3 is 5.11 Å². The van der Waals surface area contributed by atoms with Crippen LogP contribution in [-0.2, 0) is 0 Å².